The maximum absolute atomic E-state index is 12.1. The van der Waals surface area contributed by atoms with Crippen LogP contribution in [-0.4, -0.2) is 37.0 Å². The topological polar surface area (TPSA) is 32.3 Å². The molecule has 0 aromatic heterocycles. The van der Waals surface area contributed by atoms with Gasteiger partial charge < -0.3 is 10.2 Å². The first-order valence-corrected chi connectivity index (χ1v) is 5.80. The van der Waals surface area contributed by atoms with Gasteiger partial charge in [0.25, 0.3) is 5.91 Å². The van der Waals surface area contributed by atoms with Gasteiger partial charge in [0.05, 0.1) is 0 Å². The van der Waals surface area contributed by atoms with Crippen LogP contribution < -0.4 is 5.32 Å². The molecular weight excluding hydrogens is 224 g/mol. The molecule has 1 atom stereocenters. The number of nitrogens with one attached hydrogen (secondary N) is 1. The third-order valence-corrected chi connectivity index (χ3v) is 3.23. The van der Waals surface area contributed by atoms with Gasteiger partial charge in [-0.2, -0.15) is 0 Å². The molecular formula is C12H15ClN2O. The predicted octanol–water partition coefficient (Wildman–Crippen LogP) is 1.77. The Morgan fingerprint density at radius 2 is 2.12 bits per heavy atom. The molecule has 0 aliphatic carbocycles. The molecule has 0 spiro atoms. The minimum absolute atomic E-state index is 0.0921. The Hall–Kier alpha value is -1.06. The molecule has 1 saturated heterocycles. The van der Waals surface area contributed by atoms with Crippen molar-refractivity contribution >= 4 is 17.5 Å². The minimum atomic E-state index is 0.0921. The van der Waals surface area contributed by atoms with Crippen molar-refractivity contribution < 1.29 is 4.79 Å². The summed E-state index contributed by atoms with van der Waals surface area (Å²) in [5, 5.41) is 3.85. The number of likely N-dealkylation sites (N-methyl/N-ethyl adjacent to an activating group) is 1. The van der Waals surface area contributed by atoms with Crippen LogP contribution in [0.4, 0.5) is 0 Å². The lowest BCUT2D eigenvalue weighted by atomic mass is 10.2. The summed E-state index contributed by atoms with van der Waals surface area (Å²) in [6.45, 7) is 1.62. The zero-order chi connectivity index (χ0) is 11.5. The zero-order valence-electron chi connectivity index (χ0n) is 9.24. The van der Waals surface area contributed by atoms with E-state index in [0.717, 1.165) is 19.5 Å². The van der Waals surface area contributed by atoms with E-state index in [0.29, 0.717) is 16.6 Å². The summed E-state index contributed by atoms with van der Waals surface area (Å²) in [6.07, 6.45) is 1.02. The van der Waals surface area contributed by atoms with E-state index in [9.17, 15) is 4.79 Å². The number of rotatable bonds is 2. The van der Waals surface area contributed by atoms with Crippen molar-refractivity contribution in [3.05, 3.63) is 34.9 Å². The molecule has 1 unspecified atom stereocenters. The molecule has 1 amide bonds. The summed E-state index contributed by atoms with van der Waals surface area (Å²) >= 11 is 5.79. The van der Waals surface area contributed by atoms with E-state index in [4.69, 9.17) is 11.6 Å². The maximum Gasteiger partial charge on any atom is 0.253 e. The molecule has 1 aliphatic rings. The molecule has 1 fully saturated rings. The van der Waals surface area contributed by atoms with Crippen molar-refractivity contribution in [1.29, 1.82) is 0 Å². The Morgan fingerprint density at radius 1 is 1.44 bits per heavy atom. The molecule has 1 aliphatic heterocycles. The van der Waals surface area contributed by atoms with Gasteiger partial charge in [-0.25, -0.2) is 0 Å². The smallest absolute Gasteiger partial charge is 0.253 e. The highest BCUT2D eigenvalue weighted by Gasteiger charge is 2.25. The average Bonchev–Trinajstić information content (AvgIpc) is 2.77. The molecule has 4 heteroatoms. The quantitative estimate of drug-likeness (QED) is 0.852. The Kier molecular flexibility index (Phi) is 3.46. The molecule has 0 radical (unpaired) electrons. The molecule has 0 saturated carbocycles. The van der Waals surface area contributed by atoms with E-state index in [1.807, 2.05) is 11.9 Å². The van der Waals surface area contributed by atoms with E-state index in [1.54, 1.807) is 24.3 Å². The summed E-state index contributed by atoms with van der Waals surface area (Å²) in [7, 11) is 1.93. The van der Waals surface area contributed by atoms with E-state index in [2.05, 4.69) is 5.32 Å². The first-order valence-electron chi connectivity index (χ1n) is 5.43. The minimum Gasteiger partial charge on any atom is -0.337 e. The molecule has 1 N–H and O–H groups in total. The summed E-state index contributed by atoms with van der Waals surface area (Å²) in [6, 6.07) is 7.48. The van der Waals surface area contributed by atoms with Crippen LogP contribution in [0.2, 0.25) is 5.02 Å². The number of halogens is 1. The van der Waals surface area contributed by atoms with Gasteiger partial charge in [-0.15, -0.1) is 0 Å². The first-order chi connectivity index (χ1) is 7.70. The van der Waals surface area contributed by atoms with Crippen molar-refractivity contribution in [2.24, 2.45) is 0 Å². The van der Waals surface area contributed by atoms with Crippen LogP contribution in [-0.2, 0) is 0 Å². The number of benzene rings is 1. The Balaban J connectivity index is 2.05. The molecule has 16 heavy (non-hydrogen) atoms. The van der Waals surface area contributed by atoms with Crippen LogP contribution in [0, 0.1) is 0 Å². The summed E-state index contributed by atoms with van der Waals surface area (Å²) in [5.74, 6) is 0.0921. The maximum atomic E-state index is 12.1. The van der Waals surface area contributed by atoms with Gasteiger partial charge in [-0.05, 0) is 37.7 Å². The Morgan fingerprint density at radius 3 is 2.69 bits per heavy atom. The fourth-order valence-corrected chi connectivity index (χ4v) is 2.08. The monoisotopic (exact) mass is 238 g/mol. The van der Waals surface area contributed by atoms with Crippen LogP contribution in [0.15, 0.2) is 24.3 Å². The number of likely N-dealkylation sites (tertiary alicyclic amines) is 1. The van der Waals surface area contributed by atoms with E-state index >= 15 is 0 Å². The second-order valence-electron chi connectivity index (χ2n) is 4.03. The average molecular weight is 239 g/mol. The number of carbonyl (C=O) groups is 1. The van der Waals surface area contributed by atoms with E-state index in [1.165, 1.54) is 0 Å². The third kappa shape index (κ3) is 2.36. The lowest BCUT2D eigenvalue weighted by Gasteiger charge is -2.16. The van der Waals surface area contributed by atoms with Crippen LogP contribution in [0.3, 0.4) is 0 Å². The van der Waals surface area contributed by atoms with Crippen LogP contribution in [0.5, 0.6) is 0 Å². The van der Waals surface area contributed by atoms with Crippen LogP contribution in [0.1, 0.15) is 16.8 Å². The third-order valence-electron chi connectivity index (χ3n) is 2.97. The fourth-order valence-electron chi connectivity index (χ4n) is 1.96. The van der Waals surface area contributed by atoms with Crippen molar-refractivity contribution in [2.45, 2.75) is 12.5 Å². The molecule has 0 bridgehead atoms. The predicted molar refractivity (Wildman–Crippen MR) is 64.8 cm³/mol. The van der Waals surface area contributed by atoms with Crippen molar-refractivity contribution in [3.63, 3.8) is 0 Å². The number of hydrogen-bond acceptors (Lipinski definition) is 2. The molecule has 1 aromatic rings. The normalized spacial score (nSPS) is 20.1. The summed E-state index contributed by atoms with van der Waals surface area (Å²) in [5.41, 5.74) is 0.709. The lowest BCUT2D eigenvalue weighted by Crippen LogP contribution is -2.33. The summed E-state index contributed by atoms with van der Waals surface area (Å²) in [4.78, 5) is 14.0. The van der Waals surface area contributed by atoms with Gasteiger partial charge in [0.2, 0.25) is 0 Å². The summed E-state index contributed by atoms with van der Waals surface area (Å²) < 4.78 is 0. The highest BCUT2D eigenvalue weighted by molar-refractivity contribution is 6.30. The number of nitrogens with zero attached hydrogens (tertiary/aromatic N) is 1. The van der Waals surface area contributed by atoms with Gasteiger partial charge in [-0.3, -0.25) is 4.79 Å². The Bertz CT molecular complexity index is 377. The highest BCUT2D eigenvalue weighted by Crippen LogP contribution is 2.15. The fraction of sp³-hybridized carbons (Fsp3) is 0.417. The second-order valence-corrected chi connectivity index (χ2v) is 4.47. The van der Waals surface area contributed by atoms with Crippen LogP contribution in [0.25, 0.3) is 0 Å². The van der Waals surface area contributed by atoms with Gasteiger partial charge >= 0.3 is 0 Å². The van der Waals surface area contributed by atoms with Crippen molar-refractivity contribution in [1.82, 2.24) is 10.2 Å². The number of amides is 1. The molecule has 86 valence electrons. The van der Waals surface area contributed by atoms with Crippen molar-refractivity contribution in [2.75, 3.05) is 20.1 Å². The number of hydrogen-bond donors (Lipinski definition) is 1. The highest BCUT2D eigenvalue weighted by atomic mass is 35.5. The SMILES string of the molecule is CNC1CCN(C(=O)c2ccc(Cl)cc2)C1. The lowest BCUT2D eigenvalue weighted by molar-refractivity contribution is 0.0789. The van der Waals surface area contributed by atoms with Crippen molar-refractivity contribution in [3.8, 4) is 0 Å². The largest absolute Gasteiger partial charge is 0.337 e. The molecule has 1 aromatic carbocycles. The van der Waals surface area contributed by atoms with Gasteiger partial charge in [0.1, 0.15) is 0 Å². The van der Waals surface area contributed by atoms with E-state index in [-0.39, 0.29) is 5.91 Å². The standard InChI is InChI=1S/C12H15ClN2O/c1-14-11-6-7-15(8-11)12(16)9-2-4-10(13)5-3-9/h2-5,11,14H,6-8H2,1H3. The molecule has 1 heterocycles. The van der Waals surface area contributed by atoms with Gasteiger partial charge in [-0.1, -0.05) is 11.6 Å². The molecule has 3 nitrogen and oxygen atoms in total. The molecule has 2 rings (SSSR count). The Labute approximate surface area is 100 Å². The van der Waals surface area contributed by atoms with Gasteiger partial charge in [0.15, 0.2) is 0 Å². The number of carbonyl (C=O) groups excluding carboxylic acids is 1. The van der Waals surface area contributed by atoms with Crippen LogP contribution >= 0.6 is 11.6 Å². The zero-order valence-corrected chi connectivity index (χ0v) is 10.00. The van der Waals surface area contributed by atoms with E-state index < -0.39 is 0 Å². The second kappa shape index (κ2) is 4.85. The van der Waals surface area contributed by atoms with Gasteiger partial charge in [0, 0.05) is 29.7 Å². The first kappa shape index (κ1) is 11.4.